The van der Waals surface area contributed by atoms with Gasteiger partial charge in [-0.25, -0.2) is 4.98 Å². The van der Waals surface area contributed by atoms with Crippen LogP contribution in [0.15, 0.2) is 66.1 Å². The number of methoxy groups -OCH3 is 1. The molecular formula is C21H19N3O3S. The Morgan fingerprint density at radius 3 is 2.46 bits per heavy atom. The zero-order chi connectivity index (χ0) is 19.9. The summed E-state index contributed by atoms with van der Waals surface area (Å²) in [6.07, 6.45) is 3.02. The second-order valence-corrected chi connectivity index (χ2v) is 6.63. The van der Waals surface area contributed by atoms with Crippen LogP contribution in [0.1, 0.15) is 12.6 Å². The van der Waals surface area contributed by atoms with Gasteiger partial charge in [0.1, 0.15) is 5.75 Å². The Labute approximate surface area is 167 Å². The lowest BCUT2D eigenvalue weighted by molar-refractivity contribution is -0.116. The molecule has 28 heavy (non-hydrogen) atoms. The van der Waals surface area contributed by atoms with Crippen LogP contribution in [0.2, 0.25) is 0 Å². The van der Waals surface area contributed by atoms with Crippen molar-refractivity contribution in [1.29, 1.82) is 0 Å². The zero-order valence-electron chi connectivity index (χ0n) is 15.5. The maximum absolute atomic E-state index is 12.1. The number of thiazole rings is 1. The third kappa shape index (κ3) is 4.83. The molecule has 3 rings (SSSR count). The fourth-order valence-corrected chi connectivity index (χ4v) is 3.33. The number of amides is 2. The van der Waals surface area contributed by atoms with Crippen LogP contribution < -0.4 is 15.0 Å². The van der Waals surface area contributed by atoms with E-state index in [4.69, 9.17) is 4.74 Å². The molecule has 6 nitrogen and oxygen atoms in total. The number of aromatic nitrogens is 1. The fraction of sp³-hybridized carbons (Fsp3) is 0.0952. The van der Waals surface area contributed by atoms with Gasteiger partial charge in [-0.2, -0.15) is 0 Å². The molecule has 7 heteroatoms. The van der Waals surface area contributed by atoms with Gasteiger partial charge in [-0.1, -0.05) is 18.2 Å². The molecule has 1 N–H and O–H groups in total. The maximum Gasteiger partial charge on any atom is 0.248 e. The molecule has 0 aliphatic rings. The molecule has 0 aliphatic heterocycles. The number of benzene rings is 2. The molecule has 0 radical (unpaired) electrons. The minimum atomic E-state index is -0.272. The van der Waals surface area contributed by atoms with Crippen LogP contribution in [0.25, 0.3) is 6.08 Å². The van der Waals surface area contributed by atoms with E-state index in [2.05, 4.69) is 10.3 Å². The number of anilines is 3. The summed E-state index contributed by atoms with van der Waals surface area (Å²) < 4.78 is 5.09. The number of hydrogen-bond donors (Lipinski definition) is 1. The second kappa shape index (κ2) is 8.96. The number of nitrogens with one attached hydrogen (secondary N) is 1. The summed E-state index contributed by atoms with van der Waals surface area (Å²) in [5, 5.41) is 5.11. The molecule has 1 aromatic heterocycles. The van der Waals surface area contributed by atoms with Crippen LogP contribution in [-0.4, -0.2) is 23.9 Å². The highest BCUT2D eigenvalue weighted by Gasteiger charge is 2.17. The van der Waals surface area contributed by atoms with E-state index >= 15 is 0 Å². The van der Waals surface area contributed by atoms with Crippen molar-refractivity contribution in [2.24, 2.45) is 0 Å². The predicted molar refractivity (Wildman–Crippen MR) is 112 cm³/mol. The SMILES string of the molecule is COc1ccc(NC(=O)/C=C/c2csc(N(C(C)=O)c3ccccc3)n2)cc1. The van der Waals surface area contributed by atoms with Crippen LogP contribution in [0, 0.1) is 0 Å². The van der Waals surface area contributed by atoms with E-state index in [1.165, 1.54) is 24.3 Å². The summed E-state index contributed by atoms with van der Waals surface area (Å²) >= 11 is 1.34. The first-order valence-corrected chi connectivity index (χ1v) is 9.39. The Balaban J connectivity index is 1.69. The normalized spacial score (nSPS) is 10.6. The number of rotatable bonds is 6. The average molecular weight is 393 g/mol. The van der Waals surface area contributed by atoms with Crippen molar-refractivity contribution in [3.63, 3.8) is 0 Å². The smallest absolute Gasteiger partial charge is 0.248 e. The molecule has 0 unspecified atom stereocenters. The summed E-state index contributed by atoms with van der Waals surface area (Å²) in [5.41, 5.74) is 2.02. The van der Waals surface area contributed by atoms with E-state index < -0.39 is 0 Å². The van der Waals surface area contributed by atoms with Gasteiger partial charge in [-0.05, 0) is 42.5 Å². The standard InChI is InChI=1S/C21H19N3O3S/c1-15(25)24(18-6-4-3-5-7-18)21-23-17(14-28-21)10-13-20(26)22-16-8-11-19(27-2)12-9-16/h3-14H,1-2H3,(H,22,26)/b13-10+. The van der Waals surface area contributed by atoms with E-state index in [9.17, 15) is 9.59 Å². The van der Waals surface area contributed by atoms with Crippen LogP contribution in [0.5, 0.6) is 5.75 Å². The number of para-hydroxylation sites is 1. The first-order valence-electron chi connectivity index (χ1n) is 8.51. The van der Waals surface area contributed by atoms with Crippen molar-refractivity contribution in [3.05, 3.63) is 71.7 Å². The molecule has 0 bridgehead atoms. The molecule has 3 aromatic rings. The average Bonchev–Trinajstić information content (AvgIpc) is 3.16. The number of carbonyl (C=O) groups excluding carboxylic acids is 2. The first-order chi connectivity index (χ1) is 13.6. The van der Waals surface area contributed by atoms with Crippen molar-refractivity contribution >= 4 is 45.7 Å². The van der Waals surface area contributed by atoms with Gasteiger partial charge in [0.15, 0.2) is 5.13 Å². The van der Waals surface area contributed by atoms with Crippen LogP contribution >= 0.6 is 11.3 Å². The number of hydrogen-bond acceptors (Lipinski definition) is 5. The van der Waals surface area contributed by atoms with E-state index in [0.29, 0.717) is 16.5 Å². The molecule has 0 aliphatic carbocycles. The molecular weight excluding hydrogens is 374 g/mol. The lowest BCUT2D eigenvalue weighted by atomic mass is 10.3. The topological polar surface area (TPSA) is 71.5 Å². The Morgan fingerprint density at radius 1 is 1.11 bits per heavy atom. The Morgan fingerprint density at radius 2 is 1.82 bits per heavy atom. The maximum atomic E-state index is 12.1. The van der Waals surface area contributed by atoms with Gasteiger partial charge >= 0.3 is 0 Å². The van der Waals surface area contributed by atoms with Gasteiger partial charge in [0.25, 0.3) is 0 Å². The van der Waals surface area contributed by atoms with E-state index in [0.717, 1.165) is 11.4 Å². The highest BCUT2D eigenvalue weighted by molar-refractivity contribution is 7.14. The van der Waals surface area contributed by atoms with E-state index in [1.54, 1.807) is 47.7 Å². The molecule has 0 saturated carbocycles. The quantitative estimate of drug-likeness (QED) is 0.627. The largest absolute Gasteiger partial charge is 0.497 e. The lowest BCUT2D eigenvalue weighted by Gasteiger charge is -2.17. The van der Waals surface area contributed by atoms with Gasteiger partial charge < -0.3 is 10.1 Å². The third-order valence-corrected chi connectivity index (χ3v) is 4.64. The van der Waals surface area contributed by atoms with Gasteiger partial charge in [-0.3, -0.25) is 14.5 Å². The Hall–Kier alpha value is -3.45. The fourth-order valence-electron chi connectivity index (χ4n) is 2.48. The summed E-state index contributed by atoms with van der Waals surface area (Å²) in [7, 11) is 1.59. The van der Waals surface area contributed by atoms with E-state index in [1.807, 2.05) is 30.3 Å². The minimum absolute atomic E-state index is 0.131. The molecule has 0 fully saturated rings. The first kappa shape index (κ1) is 19.3. The van der Waals surface area contributed by atoms with E-state index in [-0.39, 0.29) is 11.8 Å². The molecule has 2 aromatic carbocycles. The molecule has 1 heterocycles. The number of carbonyl (C=O) groups is 2. The minimum Gasteiger partial charge on any atom is -0.497 e. The van der Waals surface area contributed by atoms with Crippen LogP contribution in [0.4, 0.5) is 16.5 Å². The summed E-state index contributed by atoms with van der Waals surface area (Å²) in [6.45, 7) is 1.49. The van der Waals surface area contributed by atoms with Crippen molar-refractivity contribution < 1.29 is 14.3 Å². The van der Waals surface area contributed by atoms with Gasteiger partial charge in [0, 0.05) is 24.1 Å². The summed E-state index contributed by atoms with van der Waals surface area (Å²) in [6, 6.07) is 16.4. The molecule has 2 amide bonds. The van der Waals surface area contributed by atoms with Crippen LogP contribution in [0.3, 0.4) is 0 Å². The molecule has 0 spiro atoms. The highest BCUT2D eigenvalue weighted by atomic mass is 32.1. The van der Waals surface area contributed by atoms with Crippen molar-refractivity contribution in [2.45, 2.75) is 6.92 Å². The highest BCUT2D eigenvalue weighted by Crippen LogP contribution is 2.29. The summed E-state index contributed by atoms with van der Waals surface area (Å²) in [5.74, 6) is 0.316. The molecule has 0 saturated heterocycles. The predicted octanol–water partition coefficient (Wildman–Crippen LogP) is 4.49. The monoisotopic (exact) mass is 393 g/mol. The zero-order valence-corrected chi connectivity index (χ0v) is 16.3. The van der Waals surface area contributed by atoms with Crippen molar-refractivity contribution in [2.75, 3.05) is 17.3 Å². The summed E-state index contributed by atoms with van der Waals surface area (Å²) in [4.78, 5) is 30.2. The molecule has 0 atom stereocenters. The third-order valence-electron chi connectivity index (χ3n) is 3.79. The van der Waals surface area contributed by atoms with Gasteiger partial charge in [0.2, 0.25) is 11.8 Å². The van der Waals surface area contributed by atoms with Gasteiger partial charge in [-0.15, -0.1) is 11.3 Å². The number of ether oxygens (including phenoxy) is 1. The van der Waals surface area contributed by atoms with Crippen LogP contribution in [-0.2, 0) is 9.59 Å². The van der Waals surface area contributed by atoms with Crippen molar-refractivity contribution in [3.8, 4) is 5.75 Å². The lowest BCUT2D eigenvalue weighted by Crippen LogP contribution is -2.22. The van der Waals surface area contributed by atoms with Crippen molar-refractivity contribution in [1.82, 2.24) is 4.98 Å². The Bertz CT molecular complexity index is 982. The molecule has 142 valence electrons. The Kier molecular flexibility index (Phi) is 6.18. The number of nitrogens with zero attached hydrogens (tertiary/aromatic N) is 2. The second-order valence-electron chi connectivity index (χ2n) is 5.80. The van der Waals surface area contributed by atoms with Gasteiger partial charge in [0.05, 0.1) is 18.5 Å².